The lowest BCUT2D eigenvalue weighted by atomic mass is 9.98. The fourth-order valence-electron chi connectivity index (χ4n) is 3.49. The predicted molar refractivity (Wildman–Crippen MR) is 76.7 cm³/mol. The van der Waals surface area contributed by atoms with Gasteiger partial charge in [-0.25, -0.2) is 0 Å². The van der Waals surface area contributed by atoms with Crippen LogP contribution in [0.5, 0.6) is 0 Å². The molecule has 5 heteroatoms. The first-order valence-electron chi connectivity index (χ1n) is 7.67. The van der Waals surface area contributed by atoms with Crippen LogP contribution in [0.1, 0.15) is 38.5 Å². The molecule has 0 aromatic rings. The molecule has 2 aliphatic heterocycles. The minimum atomic E-state index is -0.242. The van der Waals surface area contributed by atoms with Crippen LogP contribution in [0, 0.1) is 0 Å². The maximum absolute atomic E-state index is 11.1. The van der Waals surface area contributed by atoms with Gasteiger partial charge in [0.05, 0.1) is 0 Å². The zero-order chi connectivity index (χ0) is 13.7. The van der Waals surface area contributed by atoms with Crippen molar-refractivity contribution in [1.29, 1.82) is 0 Å². The molecule has 19 heavy (non-hydrogen) atoms. The van der Waals surface area contributed by atoms with Gasteiger partial charge >= 0.3 is 0 Å². The number of nitrogens with two attached hydrogens (primary N) is 2. The standard InChI is InChI=1S/C14H28N4O/c15-11-13(10-14(16)19)18-8-4-12(5-9-18)17-6-2-1-3-7-17/h12-13H,1-11,15H2,(H2,16,19). The molecule has 2 heterocycles. The fourth-order valence-corrected chi connectivity index (χ4v) is 3.49. The van der Waals surface area contributed by atoms with Crippen molar-refractivity contribution in [3.8, 4) is 0 Å². The zero-order valence-electron chi connectivity index (χ0n) is 11.9. The van der Waals surface area contributed by atoms with Crippen LogP contribution in [0.4, 0.5) is 0 Å². The van der Waals surface area contributed by atoms with E-state index in [1.54, 1.807) is 0 Å². The van der Waals surface area contributed by atoms with E-state index in [4.69, 9.17) is 11.5 Å². The monoisotopic (exact) mass is 268 g/mol. The van der Waals surface area contributed by atoms with Crippen molar-refractivity contribution in [3.05, 3.63) is 0 Å². The fraction of sp³-hybridized carbons (Fsp3) is 0.929. The average molecular weight is 268 g/mol. The molecule has 110 valence electrons. The number of hydrogen-bond donors (Lipinski definition) is 2. The number of hydrogen-bond acceptors (Lipinski definition) is 4. The molecular weight excluding hydrogens is 240 g/mol. The van der Waals surface area contributed by atoms with Gasteiger partial charge in [-0.2, -0.15) is 0 Å². The minimum Gasteiger partial charge on any atom is -0.370 e. The summed E-state index contributed by atoms with van der Waals surface area (Å²) in [5, 5.41) is 0. The molecule has 1 amide bonds. The summed E-state index contributed by atoms with van der Waals surface area (Å²) in [5.74, 6) is -0.242. The highest BCUT2D eigenvalue weighted by atomic mass is 16.1. The molecule has 2 rings (SSSR count). The van der Waals surface area contributed by atoms with Crippen LogP contribution in [0.25, 0.3) is 0 Å². The summed E-state index contributed by atoms with van der Waals surface area (Å²) in [4.78, 5) is 16.1. The number of likely N-dealkylation sites (tertiary alicyclic amines) is 2. The molecule has 1 unspecified atom stereocenters. The molecule has 4 N–H and O–H groups in total. The van der Waals surface area contributed by atoms with Crippen LogP contribution in [0.2, 0.25) is 0 Å². The van der Waals surface area contributed by atoms with E-state index in [0.717, 1.165) is 19.1 Å². The molecule has 5 nitrogen and oxygen atoms in total. The van der Waals surface area contributed by atoms with Crippen molar-refractivity contribution >= 4 is 5.91 Å². The number of piperidine rings is 2. The van der Waals surface area contributed by atoms with E-state index in [2.05, 4.69) is 9.80 Å². The lowest BCUT2D eigenvalue weighted by Crippen LogP contribution is -2.51. The number of rotatable bonds is 5. The maximum atomic E-state index is 11.1. The van der Waals surface area contributed by atoms with Crippen LogP contribution in [0.3, 0.4) is 0 Å². The predicted octanol–water partition coefficient (Wildman–Crippen LogP) is 0.139. The molecule has 0 saturated carbocycles. The van der Waals surface area contributed by atoms with Gasteiger partial charge in [0.25, 0.3) is 0 Å². The molecule has 0 aliphatic carbocycles. The van der Waals surface area contributed by atoms with Gasteiger partial charge in [-0.1, -0.05) is 6.42 Å². The summed E-state index contributed by atoms with van der Waals surface area (Å²) in [6, 6.07) is 0.878. The molecule has 0 spiro atoms. The average Bonchev–Trinajstić information content (AvgIpc) is 2.46. The molecule has 0 aromatic heterocycles. The van der Waals surface area contributed by atoms with E-state index in [0.29, 0.717) is 13.0 Å². The topological polar surface area (TPSA) is 75.6 Å². The smallest absolute Gasteiger partial charge is 0.219 e. The van der Waals surface area contributed by atoms with Gasteiger partial charge in [-0.15, -0.1) is 0 Å². The lowest BCUT2D eigenvalue weighted by molar-refractivity contribution is -0.119. The third kappa shape index (κ3) is 4.16. The van der Waals surface area contributed by atoms with E-state index >= 15 is 0 Å². The largest absolute Gasteiger partial charge is 0.370 e. The minimum absolute atomic E-state index is 0.139. The van der Waals surface area contributed by atoms with Gasteiger partial charge in [0.15, 0.2) is 0 Å². The molecule has 0 aromatic carbocycles. The molecule has 2 fully saturated rings. The second kappa shape index (κ2) is 7.22. The number of nitrogens with zero attached hydrogens (tertiary/aromatic N) is 2. The van der Waals surface area contributed by atoms with Crippen LogP contribution >= 0.6 is 0 Å². The highest BCUT2D eigenvalue weighted by molar-refractivity contribution is 5.74. The Morgan fingerprint density at radius 1 is 1.11 bits per heavy atom. The summed E-state index contributed by atoms with van der Waals surface area (Å²) in [5.41, 5.74) is 11.1. The third-order valence-electron chi connectivity index (χ3n) is 4.63. The summed E-state index contributed by atoms with van der Waals surface area (Å²) in [6.07, 6.45) is 6.90. The van der Waals surface area contributed by atoms with Crippen molar-refractivity contribution in [1.82, 2.24) is 9.80 Å². The van der Waals surface area contributed by atoms with Gasteiger partial charge in [-0.3, -0.25) is 9.69 Å². The van der Waals surface area contributed by atoms with Gasteiger partial charge in [0.1, 0.15) is 0 Å². The van der Waals surface area contributed by atoms with E-state index in [1.807, 2.05) is 0 Å². The van der Waals surface area contributed by atoms with Crippen molar-refractivity contribution in [2.45, 2.75) is 50.6 Å². The molecular formula is C14H28N4O. The van der Waals surface area contributed by atoms with Crippen molar-refractivity contribution < 1.29 is 4.79 Å². The number of carbonyl (C=O) groups excluding carboxylic acids is 1. The zero-order valence-corrected chi connectivity index (χ0v) is 11.9. The second-order valence-corrected chi connectivity index (χ2v) is 5.92. The Bertz CT molecular complexity index is 283. The highest BCUT2D eigenvalue weighted by Gasteiger charge is 2.28. The van der Waals surface area contributed by atoms with Crippen LogP contribution in [-0.2, 0) is 4.79 Å². The van der Waals surface area contributed by atoms with Crippen molar-refractivity contribution in [2.75, 3.05) is 32.7 Å². The van der Waals surface area contributed by atoms with Crippen LogP contribution in [0.15, 0.2) is 0 Å². The van der Waals surface area contributed by atoms with Crippen LogP contribution in [-0.4, -0.2) is 60.5 Å². The Labute approximate surface area is 116 Å². The van der Waals surface area contributed by atoms with E-state index in [9.17, 15) is 4.79 Å². The third-order valence-corrected chi connectivity index (χ3v) is 4.63. The summed E-state index contributed by atoms with van der Waals surface area (Å²) >= 11 is 0. The summed E-state index contributed by atoms with van der Waals surface area (Å²) < 4.78 is 0. The summed E-state index contributed by atoms with van der Waals surface area (Å²) in [6.45, 7) is 5.17. The first kappa shape index (κ1) is 14.8. The normalized spacial score (nSPS) is 25.3. The number of primary amides is 1. The summed E-state index contributed by atoms with van der Waals surface area (Å²) in [7, 11) is 0. The van der Waals surface area contributed by atoms with Gasteiger partial charge < -0.3 is 16.4 Å². The first-order valence-corrected chi connectivity index (χ1v) is 7.67. The van der Waals surface area contributed by atoms with Gasteiger partial charge in [-0.05, 0) is 51.9 Å². The molecule has 1 atom stereocenters. The van der Waals surface area contributed by atoms with Gasteiger partial charge in [0, 0.05) is 25.0 Å². The Balaban J connectivity index is 1.78. The van der Waals surface area contributed by atoms with Gasteiger partial charge in [0.2, 0.25) is 5.91 Å². The number of carbonyl (C=O) groups is 1. The van der Waals surface area contributed by atoms with Crippen LogP contribution < -0.4 is 11.5 Å². The Kier molecular flexibility index (Phi) is 5.60. The Morgan fingerprint density at radius 2 is 1.74 bits per heavy atom. The molecule has 0 bridgehead atoms. The van der Waals surface area contributed by atoms with E-state index < -0.39 is 0 Å². The first-order chi connectivity index (χ1) is 9.20. The highest BCUT2D eigenvalue weighted by Crippen LogP contribution is 2.22. The Hall–Kier alpha value is -0.650. The maximum Gasteiger partial charge on any atom is 0.219 e. The molecule has 2 saturated heterocycles. The van der Waals surface area contributed by atoms with Crippen molar-refractivity contribution in [2.24, 2.45) is 11.5 Å². The second-order valence-electron chi connectivity index (χ2n) is 5.92. The molecule has 2 aliphatic rings. The lowest BCUT2D eigenvalue weighted by Gasteiger charge is -2.42. The quantitative estimate of drug-likeness (QED) is 0.743. The van der Waals surface area contributed by atoms with Crippen molar-refractivity contribution in [3.63, 3.8) is 0 Å². The van der Waals surface area contributed by atoms with E-state index in [1.165, 1.54) is 45.2 Å². The Morgan fingerprint density at radius 3 is 2.26 bits per heavy atom. The van der Waals surface area contributed by atoms with E-state index in [-0.39, 0.29) is 11.9 Å². The molecule has 0 radical (unpaired) electrons. The SMILES string of the molecule is NCC(CC(N)=O)N1CCC(N2CCCCC2)CC1. The number of amides is 1.